The molecular formula is C11H19N5O3. The Labute approximate surface area is 111 Å². The van der Waals surface area contributed by atoms with Gasteiger partial charge in [-0.15, -0.1) is 10.2 Å². The number of nitrogens with zero attached hydrogens (tertiary/aromatic N) is 3. The summed E-state index contributed by atoms with van der Waals surface area (Å²) in [5.41, 5.74) is 4.88. The summed E-state index contributed by atoms with van der Waals surface area (Å²) in [6.07, 6.45) is -1.03. The van der Waals surface area contributed by atoms with Crippen molar-refractivity contribution in [3.63, 3.8) is 0 Å². The summed E-state index contributed by atoms with van der Waals surface area (Å²) >= 11 is 0. The van der Waals surface area contributed by atoms with Crippen molar-refractivity contribution in [2.45, 2.75) is 20.0 Å². The Morgan fingerprint density at radius 3 is 2.79 bits per heavy atom. The van der Waals surface area contributed by atoms with Gasteiger partial charge in [-0.1, -0.05) is 0 Å². The van der Waals surface area contributed by atoms with Crippen molar-refractivity contribution in [1.82, 2.24) is 15.6 Å². The molecule has 0 aliphatic carbocycles. The standard InChI is InChI=1S/C11H19N5O3/c1-4-19-11(18)15-13-9-5-6-10(14-12-9)16(3)7-8(2)17/h5-6,8,17H,4,7H2,1-3H3,(H,12,13)(H,15,18). The van der Waals surface area contributed by atoms with Gasteiger partial charge in [0.25, 0.3) is 0 Å². The molecule has 1 atom stereocenters. The predicted molar refractivity (Wildman–Crippen MR) is 70.8 cm³/mol. The largest absolute Gasteiger partial charge is 0.449 e. The Kier molecular flexibility index (Phi) is 5.80. The highest BCUT2D eigenvalue weighted by atomic mass is 16.5. The van der Waals surface area contributed by atoms with Crippen LogP contribution in [0, 0.1) is 0 Å². The molecule has 8 nitrogen and oxygen atoms in total. The average Bonchev–Trinajstić information content (AvgIpc) is 2.36. The predicted octanol–water partition coefficient (Wildman–Crippen LogP) is 0.367. The van der Waals surface area contributed by atoms with Gasteiger partial charge in [-0.3, -0.25) is 5.43 Å². The second-order valence-electron chi connectivity index (χ2n) is 3.98. The molecule has 0 fully saturated rings. The minimum absolute atomic E-state index is 0.294. The van der Waals surface area contributed by atoms with Crippen molar-refractivity contribution in [3.8, 4) is 0 Å². The molecule has 1 aromatic heterocycles. The first-order valence-corrected chi connectivity index (χ1v) is 5.94. The van der Waals surface area contributed by atoms with E-state index in [1.54, 1.807) is 37.9 Å². The SMILES string of the molecule is CCOC(=O)NNc1ccc(N(C)CC(C)O)nn1. The van der Waals surface area contributed by atoms with Crippen LogP contribution in [0.4, 0.5) is 16.4 Å². The summed E-state index contributed by atoms with van der Waals surface area (Å²) in [5.74, 6) is 1.02. The molecule has 1 aromatic rings. The highest BCUT2D eigenvalue weighted by Gasteiger charge is 2.07. The Morgan fingerprint density at radius 1 is 1.53 bits per heavy atom. The monoisotopic (exact) mass is 269 g/mol. The number of aromatic nitrogens is 2. The number of ether oxygens (including phenoxy) is 1. The fraction of sp³-hybridized carbons (Fsp3) is 0.545. The zero-order valence-corrected chi connectivity index (χ0v) is 11.3. The van der Waals surface area contributed by atoms with Gasteiger partial charge in [0.05, 0.1) is 12.7 Å². The number of hydrogen-bond acceptors (Lipinski definition) is 7. The van der Waals surface area contributed by atoms with E-state index in [1.807, 2.05) is 0 Å². The van der Waals surface area contributed by atoms with Crippen LogP contribution in [0.3, 0.4) is 0 Å². The molecule has 0 aliphatic rings. The third kappa shape index (κ3) is 5.38. The smallest absolute Gasteiger partial charge is 0.425 e. The molecule has 19 heavy (non-hydrogen) atoms. The number of rotatable bonds is 6. The Hall–Kier alpha value is -2.09. The number of aliphatic hydroxyl groups excluding tert-OH is 1. The number of aliphatic hydroxyl groups is 1. The molecule has 0 aromatic carbocycles. The highest BCUT2D eigenvalue weighted by Crippen LogP contribution is 2.09. The van der Waals surface area contributed by atoms with E-state index in [1.165, 1.54) is 0 Å². The summed E-state index contributed by atoms with van der Waals surface area (Å²) < 4.78 is 4.67. The summed E-state index contributed by atoms with van der Waals surface area (Å²) in [6, 6.07) is 3.39. The molecule has 0 radical (unpaired) electrons. The molecule has 1 rings (SSSR count). The van der Waals surface area contributed by atoms with E-state index in [-0.39, 0.29) is 0 Å². The van der Waals surface area contributed by atoms with Crippen molar-refractivity contribution in [3.05, 3.63) is 12.1 Å². The van der Waals surface area contributed by atoms with Crippen molar-refractivity contribution in [1.29, 1.82) is 0 Å². The number of hydrazine groups is 1. The molecule has 1 unspecified atom stereocenters. The third-order valence-electron chi connectivity index (χ3n) is 2.15. The van der Waals surface area contributed by atoms with Crippen LogP contribution in [-0.4, -0.2) is 47.7 Å². The second-order valence-corrected chi connectivity index (χ2v) is 3.98. The van der Waals surface area contributed by atoms with Crippen LogP contribution in [0.2, 0.25) is 0 Å². The van der Waals surface area contributed by atoms with Crippen LogP contribution in [0.15, 0.2) is 12.1 Å². The van der Waals surface area contributed by atoms with Gasteiger partial charge in [0.1, 0.15) is 0 Å². The Bertz CT molecular complexity index is 396. The molecular weight excluding hydrogens is 250 g/mol. The number of likely N-dealkylation sites (N-methyl/N-ethyl adjacent to an activating group) is 1. The minimum Gasteiger partial charge on any atom is -0.449 e. The lowest BCUT2D eigenvalue weighted by Crippen LogP contribution is -2.31. The van der Waals surface area contributed by atoms with Gasteiger partial charge in [0.15, 0.2) is 11.6 Å². The quantitative estimate of drug-likeness (QED) is 0.641. The molecule has 0 saturated carbocycles. The maximum absolute atomic E-state index is 11.0. The molecule has 8 heteroatoms. The first-order chi connectivity index (χ1) is 9.02. The summed E-state index contributed by atoms with van der Waals surface area (Å²) in [7, 11) is 1.81. The van der Waals surface area contributed by atoms with E-state index in [2.05, 4.69) is 25.8 Å². The molecule has 0 bridgehead atoms. The lowest BCUT2D eigenvalue weighted by molar-refractivity contribution is 0.154. The van der Waals surface area contributed by atoms with E-state index in [9.17, 15) is 9.90 Å². The maximum Gasteiger partial charge on any atom is 0.425 e. The number of nitrogens with one attached hydrogen (secondary N) is 2. The number of carbonyl (C=O) groups is 1. The van der Waals surface area contributed by atoms with Gasteiger partial charge in [-0.05, 0) is 26.0 Å². The average molecular weight is 269 g/mol. The zero-order chi connectivity index (χ0) is 14.3. The molecule has 0 aliphatic heterocycles. The number of amides is 1. The molecule has 0 saturated heterocycles. The number of carbonyl (C=O) groups excluding carboxylic acids is 1. The second kappa shape index (κ2) is 7.37. The molecule has 1 heterocycles. The maximum atomic E-state index is 11.0. The van der Waals surface area contributed by atoms with Crippen LogP contribution < -0.4 is 15.8 Å². The molecule has 0 spiro atoms. The molecule has 1 amide bonds. The van der Waals surface area contributed by atoms with Crippen LogP contribution >= 0.6 is 0 Å². The van der Waals surface area contributed by atoms with Crippen molar-refractivity contribution in [2.75, 3.05) is 30.5 Å². The number of anilines is 2. The van der Waals surface area contributed by atoms with Crippen molar-refractivity contribution in [2.24, 2.45) is 0 Å². The third-order valence-corrected chi connectivity index (χ3v) is 2.15. The van der Waals surface area contributed by atoms with E-state index in [0.717, 1.165) is 0 Å². The highest BCUT2D eigenvalue weighted by molar-refractivity contribution is 5.68. The summed E-state index contributed by atoms with van der Waals surface area (Å²) in [4.78, 5) is 12.8. The summed E-state index contributed by atoms with van der Waals surface area (Å²) in [5, 5.41) is 17.1. The lowest BCUT2D eigenvalue weighted by Gasteiger charge is -2.19. The normalized spacial score (nSPS) is 11.6. The first kappa shape index (κ1) is 15.0. The molecule has 3 N–H and O–H groups in total. The van der Waals surface area contributed by atoms with Crippen LogP contribution in [-0.2, 0) is 4.74 Å². The first-order valence-electron chi connectivity index (χ1n) is 5.94. The van der Waals surface area contributed by atoms with Gasteiger partial charge in [-0.2, -0.15) is 0 Å². The van der Waals surface area contributed by atoms with Gasteiger partial charge < -0.3 is 14.7 Å². The van der Waals surface area contributed by atoms with Crippen LogP contribution in [0.1, 0.15) is 13.8 Å². The number of hydrogen-bond donors (Lipinski definition) is 3. The summed E-state index contributed by atoms with van der Waals surface area (Å²) in [6.45, 7) is 4.17. The lowest BCUT2D eigenvalue weighted by atomic mass is 10.3. The minimum atomic E-state index is -0.584. The van der Waals surface area contributed by atoms with E-state index in [0.29, 0.717) is 24.8 Å². The fourth-order valence-corrected chi connectivity index (χ4v) is 1.37. The van der Waals surface area contributed by atoms with Gasteiger partial charge in [0, 0.05) is 13.6 Å². The Morgan fingerprint density at radius 2 is 2.26 bits per heavy atom. The van der Waals surface area contributed by atoms with E-state index in [4.69, 9.17) is 0 Å². The van der Waals surface area contributed by atoms with Gasteiger partial charge >= 0.3 is 6.09 Å². The van der Waals surface area contributed by atoms with E-state index < -0.39 is 12.2 Å². The van der Waals surface area contributed by atoms with Crippen LogP contribution in [0.25, 0.3) is 0 Å². The van der Waals surface area contributed by atoms with Crippen molar-refractivity contribution >= 4 is 17.7 Å². The van der Waals surface area contributed by atoms with E-state index >= 15 is 0 Å². The Balaban J connectivity index is 2.49. The topological polar surface area (TPSA) is 99.6 Å². The van der Waals surface area contributed by atoms with Crippen LogP contribution in [0.5, 0.6) is 0 Å². The van der Waals surface area contributed by atoms with Crippen molar-refractivity contribution < 1.29 is 14.6 Å². The fourth-order valence-electron chi connectivity index (χ4n) is 1.37. The molecule has 106 valence electrons. The van der Waals surface area contributed by atoms with Gasteiger partial charge in [-0.25, -0.2) is 10.2 Å². The zero-order valence-electron chi connectivity index (χ0n) is 11.3. The van der Waals surface area contributed by atoms with Gasteiger partial charge in [0.2, 0.25) is 0 Å².